The van der Waals surface area contributed by atoms with Crippen molar-refractivity contribution in [3.63, 3.8) is 0 Å². The summed E-state index contributed by atoms with van der Waals surface area (Å²) in [5.41, 5.74) is 2.75. The molecule has 0 radical (unpaired) electrons. The second kappa shape index (κ2) is 14.8. The number of carboxylic acid groups (broad SMARTS) is 1. The largest absolute Gasteiger partial charge is 0.489 e. The zero-order chi connectivity index (χ0) is 26.5. The maximum atomic E-state index is 11.1. The summed E-state index contributed by atoms with van der Waals surface area (Å²) in [4.78, 5) is 22.9. The molecular formula is C28H27NO6S2. The Bertz CT molecular complexity index is 1200. The number of thiocarbonyl (C=S) groups is 1. The van der Waals surface area contributed by atoms with Gasteiger partial charge in [0.1, 0.15) is 17.0 Å². The number of nitrogens with zero attached hydrogens (tertiary/aromatic N) is 1. The van der Waals surface area contributed by atoms with Crippen LogP contribution in [0.25, 0.3) is 6.08 Å². The van der Waals surface area contributed by atoms with E-state index in [1.54, 1.807) is 23.6 Å². The van der Waals surface area contributed by atoms with Gasteiger partial charge in [0.25, 0.3) is 0 Å². The SMILES string of the molecule is O=CN(CC(=O)O)C(=S)S/C=C\c1ccc(OCCc2ccccc2)c(OC(CO)c2ccccc2)c1. The first-order valence-corrected chi connectivity index (χ1v) is 12.7. The number of rotatable bonds is 13. The number of carbonyl (C=O) groups excluding carboxylic acids is 1. The lowest BCUT2D eigenvalue weighted by Crippen LogP contribution is -2.31. The molecule has 9 heteroatoms. The van der Waals surface area contributed by atoms with Crippen LogP contribution in [0.2, 0.25) is 0 Å². The van der Waals surface area contributed by atoms with Gasteiger partial charge in [0, 0.05) is 6.42 Å². The molecular weight excluding hydrogens is 510 g/mol. The van der Waals surface area contributed by atoms with E-state index in [2.05, 4.69) is 0 Å². The highest BCUT2D eigenvalue weighted by molar-refractivity contribution is 8.24. The molecule has 0 aliphatic heterocycles. The standard InChI is InChI=1S/C28H27NO6S2/c30-19-26(23-9-5-2-6-10-23)35-25-17-22(14-16-37-28(36)29(20-31)18-27(32)33)11-12-24(25)34-15-13-21-7-3-1-4-8-21/h1-12,14,16-17,20,26,30H,13,15,18-19H2,(H,32,33)/b16-14-. The molecule has 0 saturated carbocycles. The van der Waals surface area contributed by atoms with Crippen LogP contribution in [-0.2, 0) is 16.0 Å². The van der Waals surface area contributed by atoms with Gasteiger partial charge in [-0.2, -0.15) is 0 Å². The number of benzene rings is 3. The maximum absolute atomic E-state index is 11.1. The summed E-state index contributed by atoms with van der Waals surface area (Å²) in [5.74, 6) is -0.147. The van der Waals surface area contributed by atoms with Crippen LogP contribution in [0.4, 0.5) is 0 Å². The first-order chi connectivity index (χ1) is 18.0. The molecule has 0 spiro atoms. The molecule has 0 aliphatic carbocycles. The van der Waals surface area contributed by atoms with Crippen LogP contribution < -0.4 is 9.47 Å². The van der Waals surface area contributed by atoms with E-state index in [0.717, 1.165) is 39.8 Å². The first kappa shape index (κ1) is 27.9. The maximum Gasteiger partial charge on any atom is 0.323 e. The number of aliphatic hydroxyl groups excluding tert-OH is 1. The third-order valence-electron chi connectivity index (χ3n) is 5.16. The van der Waals surface area contributed by atoms with Gasteiger partial charge >= 0.3 is 5.97 Å². The summed E-state index contributed by atoms with van der Waals surface area (Å²) >= 11 is 6.19. The first-order valence-electron chi connectivity index (χ1n) is 11.4. The summed E-state index contributed by atoms with van der Waals surface area (Å²) in [7, 11) is 0. The third kappa shape index (κ3) is 9.05. The van der Waals surface area contributed by atoms with Crippen LogP contribution in [0.15, 0.2) is 84.3 Å². The number of carbonyl (C=O) groups is 2. The Morgan fingerprint density at radius 1 is 1.03 bits per heavy atom. The Morgan fingerprint density at radius 2 is 1.73 bits per heavy atom. The van der Waals surface area contributed by atoms with Crippen LogP contribution in [-0.4, -0.2) is 51.6 Å². The highest BCUT2D eigenvalue weighted by atomic mass is 32.2. The lowest BCUT2D eigenvalue weighted by molar-refractivity contribution is -0.139. The van der Waals surface area contributed by atoms with Gasteiger partial charge in [0.2, 0.25) is 6.41 Å². The van der Waals surface area contributed by atoms with E-state index in [1.807, 2.05) is 66.7 Å². The van der Waals surface area contributed by atoms with Crippen LogP contribution in [0.5, 0.6) is 11.5 Å². The second-order valence-electron chi connectivity index (χ2n) is 7.80. The number of aliphatic carboxylic acids is 1. The van der Waals surface area contributed by atoms with Crippen molar-refractivity contribution in [1.29, 1.82) is 0 Å². The summed E-state index contributed by atoms with van der Waals surface area (Å²) in [6.45, 7) is -0.277. The number of amides is 1. The number of carboxylic acids is 1. The average Bonchev–Trinajstić information content (AvgIpc) is 2.92. The van der Waals surface area contributed by atoms with E-state index in [9.17, 15) is 14.7 Å². The molecule has 7 nitrogen and oxygen atoms in total. The predicted octanol–water partition coefficient (Wildman–Crippen LogP) is 4.95. The Balaban J connectivity index is 1.76. The van der Waals surface area contributed by atoms with Gasteiger partial charge in [-0.3, -0.25) is 14.5 Å². The number of aliphatic hydroxyl groups is 1. The van der Waals surface area contributed by atoms with Crippen molar-refractivity contribution in [2.24, 2.45) is 0 Å². The summed E-state index contributed by atoms with van der Waals surface area (Å²) in [6.07, 6.45) is 2.29. The van der Waals surface area contributed by atoms with Crippen molar-refractivity contribution in [3.8, 4) is 11.5 Å². The Morgan fingerprint density at radius 3 is 2.38 bits per heavy atom. The highest BCUT2D eigenvalue weighted by Gasteiger charge is 2.16. The molecule has 37 heavy (non-hydrogen) atoms. The fourth-order valence-corrected chi connectivity index (χ4v) is 4.18. The lowest BCUT2D eigenvalue weighted by atomic mass is 10.1. The number of ether oxygens (including phenoxy) is 2. The minimum atomic E-state index is -1.15. The Hall–Kier alpha value is -3.66. The van der Waals surface area contributed by atoms with Crippen LogP contribution in [0, 0.1) is 0 Å². The van der Waals surface area contributed by atoms with Gasteiger partial charge in [0.05, 0.1) is 13.2 Å². The van der Waals surface area contributed by atoms with Crippen LogP contribution >= 0.6 is 24.0 Å². The lowest BCUT2D eigenvalue weighted by Gasteiger charge is -2.20. The van der Waals surface area contributed by atoms with Gasteiger partial charge in [-0.25, -0.2) is 0 Å². The zero-order valence-electron chi connectivity index (χ0n) is 19.9. The molecule has 3 aromatic rings. The van der Waals surface area contributed by atoms with Crippen LogP contribution in [0.3, 0.4) is 0 Å². The molecule has 3 rings (SSSR count). The molecule has 1 unspecified atom stereocenters. The smallest absolute Gasteiger partial charge is 0.323 e. The van der Waals surface area contributed by atoms with Crippen LogP contribution in [0.1, 0.15) is 22.8 Å². The van der Waals surface area contributed by atoms with Crippen molar-refractivity contribution in [1.82, 2.24) is 4.90 Å². The highest BCUT2D eigenvalue weighted by Crippen LogP contribution is 2.33. The van der Waals surface area contributed by atoms with Crippen molar-refractivity contribution >= 4 is 46.8 Å². The minimum Gasteiger partial charge on any atom is -0.489 e. The predicted molar refractivity (Wildman–Crippen MR) is 149 cm³/mol. The third-order valence-corrected chi connectivity index (χ3v) is 6.39. The Kier molecular flexibility index (Phi) is 11.2. The number of thioether (sulfide) groups is 1. The van der Waals surface area contributed by atoms with Gasteiger partial charge in [-0.1, -0.05) is 90.7 Å². The molecule has 0 bridgehead atoms. The quantitative estimate of drug-likeness (QED) is 0.234. The van der Waals surface area contributed by atoms with Crippen molar-refractivity contribution in [3.05, 3.63) is 101 Å². The van der Waals surface area contributed by atoms with Gasteiger partial charge in [0.15, 0.2) is 11.5 Å². The van der Waals surface area contributed by atoms with E-state index in [4.69, 9.17) is 26.8 Å². The molecule has 0 fully saturated rings. The average molecular weight is 538 g/mol. The monoisotopic (exact) mass is 537 g/mol. The molecule has 0 heterocycles. The molecule has 2 N–H and O–H groups in total. The normalized spacial score (nSPS) is 11.6. The molecule has 1 atom stereocenters. The summed E-state index contributed by atoms with van der Waals surface area (Å²) < 4.78 is 12.4. The van der Waals surface area contributed by atoms with Crippen molar-refractivity contribution in [2.45, 2.75) is 12.5 Å². The number of hydrogen-bond acceptors (Lipinski definition) is 7. The molecule has 0 saturated heterocycles. The number of hydrogen-bond donors (Lipinski definition) is 2. The fourth-order valence-electron chi connectivity index (χ4n) is 3.32. The van der Waals surface area contributed by atoms with E-state index in [-0.39, 0.29) is 10.9 Å². The van der Waals surface area contributed by atoms with Crippen molar-refractivity contribution < 1.29 is 29.3 Å². The summed E-state index contributed by atoms with van der Waals surface area (Å²) in [5, 5.41) is 20.6. The molecule has 192 valence electrons. The fraction of sp³-hybridized carbons (Fsp3) is 0.179. The minimum absolute atomic E-state index is 0.121. The topological polar surface area (TPSA) is 96.3 Å². The van der Waals surface area contributed by atoms with E-state index < -0.39 is 18.6 Å². The molecule has 3 aromatic carbocycles. The van der Waals surface area contributed by atoms with Gasteiger partial charge < -0.3 is 19.7 Å². The zero-order valence-corrected chi connectivity index (χ0v) is 21.6. The van der Waals surface area contributed by atoms with E-state index in [0.29, 0.717) is 24.5 Å². The molecule has 0 aliphatic rings. The molecule has 0 aromatic heterocycles. The van der Waals surface area contributed by atoms with Gasteiger partial charge in [-0.05, 0) is 40.3 Å². The van der Waals surface area contributed by atoms with Gasteiger partial charge in [-0.15, -0.1) is 0 Å². The van der Waals surface area contributed by atoms with Crippen molar-refractivity contribution in [2.75, 3.05) is 19.8 Å². The summed E-state index contributed by atoms with van der Waals surface area (Å²) in [6, 6.07) is 24.9. The van der Waals surface area contributed by atoms with E-state index >= 15 is 0 Å². The van der Waals surface area contributed by atoms with E-state index in [1.165, 1.54) is 0 Å². The molecule has 1 amide bonds. The second-order valence-corrected chi connectivity index (χ2v) is 9.34. The Labute approximate surface area is 225 Å².